The van der Waals surface area contributed by atoms with Gasteiger partial charge in [-0.25, -0.2) is 4.68 Å². The zero-order chi connectivity index (χ0) is 13.0. The van der Waals surface area contributed by atoms with Crippen molar-refractivity contribution in [2.24, 2.45) is 0 Å². The molecule has 0 aliphatic heterocycles. The third-order valence-corrected chi connectivity index (χ3v) is 2.61. The van der Waals surface area contributed by atoms with E-state index in [1.165, 1.54) is 6.20 Å². The molecule has 0 spiro atoms. The van der Waals surface area contributed by atoms with E-state index >= 15 is 0 Å². The van der Waals surface area contributed by atoms with E-state index in [0.717, 1.165) is 5.69 Å². The average molecular weight is 260 g/mol. The summed E-state index contributed by atoms with van der Waals surface area (Å²) in [5.74, 6) is 2.08. The van der Waals surface area contributed by atoms with E-state index < -0.39 is 0 Å². The molecule has 0 aliphatic rings. The SMILES string of the molecule is C#CCNC(=O)c1cnn(-c2ccccc2Cl)c1. The van der Waals surface area contributed by atoms with Gasteiger partial charge in [0.1, 0.15) is 0 Å². The monoisotopic (exact) mass is 259 g/mol. The molecule has 4 nitrogen and oxygen atoms in total. The second kappa shape index (κ2) is 5.39. The molecule has 0 atom stereocenters. The first-order valence-corrected chi connectivity index (χ1v) is 5.61. The molecule has 0 saturated heterocycles. The molecule has 2 rings (SSSR count). The Bertz CT molecular complexity index is 613. The Morgan fingerprint density at radius 3 is 3.00 bits per heavy atom. The molecule has 1 aromatic heterocycles. The number of nitrogens with zero attached hydrogens (tertiary/aromatic N) is 2. The maximum Gasteiger partial charge on any atom is 0.255 e. The van der Waals surface area contributed by atoms with E-state index in [2.05, 4.69) is 16.3 Å². The summed E-state index contributed by atoms with van der Waals surface area (Å²) in [6, 6.07) is 7.26. The fourth-order valence-electron chi connectivity index (χ4n) is 1.44. The third kappa shape index (κ3) is 2.53. The lowest BCUT2D eigenvalue weighted by molar-refractivity contribution is 0.0958. The molecule has 5 heteroatoms. The number of aromatic nitrogens is 2. The van der Waals surface area contributed by atoms with Crippen LogP contribution in [0.25, 0.3) is 5.69 Å². The van der Waals surface area contributed by atoms with Crippen LogP contribution in [0.1, 0.15) is 10.4 Å². The quantitative estimate of drug-likeness (QED) is 0.856. The van der Waals surface area contributed by atoms with Gasteiger partial charge in [-0.15, -0.1) is 6.42 Å². The summed E-state index contributed by atoms with van der Waals surface area (Å²) < 4.78 is 1.55. The van der Waals surface area contributed by atoms with Gasteiger partial charge in [-0.2, -0.15) is 5.10 Å². The van der Waals surface area contributed by atoms with Gasteiger partial charge in [0.2, 0.25) is 0 Å². The number of hydrogen-bond acceptors (Lipinski definition) is 2. The lowest BCUT2D eigenvalue weighted by Gasteiger charge is -2.02. The first-order chi connectivity index (χ1) is 8.72. The molecule has 0 unspecified atom stereocenters. The standard InChI is InChI=1S/C13H10ClN3O/c1-2-7-15-13(18)10-8-16-17(9-10)12-6-4-3-5-11(12)14/h1,3-6,8-9H,7H2,(H,15,18). The number of para-hydroxylation sites is 1. The van der Waals surface area contributed by atoms with Crippen LogP contribution in [-0.4, -0.2) is 22.2 Å². The molecular weight excluding hydrogens is 250 g/mol. The van der Waals surface area contributed by atoms with E-state index in [1.54, 1.807) is 16.9 Å². The van der Waals surface area contributed by atoms with Crippen molar-refractivity contribution >= 4 is 17.5 Å². The van der Waals surface area contributed by atoms with Crippen molar-refractivity contribution < 1.29 is 4.79 Å². The molecule has 1 N–H and O–H groups in total. The van der Waals surface area contributed by atoms with Crippen molar-refractivity contribution in [3.05, 3.63) is 47.2 Å². The number of nitrogens with one attached hydrogen (secondary N) is 1. The molecule has 0 bridgehead atoms. The van der Waals surface area contributed by atoms with Gasteiger partial charge in [0.15, 0.2) is 0 Å². The molecule has 1 aromatic carbocycles. The molecule has 18 heavy (non-hydrogen) atoms. The van der Waals surface area contributed by atoms with Gasteiger partial charge < -0.3 is 5.32 Å². The van der Waals surface area contributed by atoms with Gasteiger partial charge in [-0.3, -0.25) is 4.79 Å². The Balaban J connectivity index is 2.24. The smallest absolute Gasteiger partial charge is 0.255 e. The summed E-state index contributed by atoms with van der Waals surface area (Å²) in [5.41, 5.74) is 1.15. The van der Waals surface area contributed by atoms with Crippen LogP contribution < -0.4 is 5.32 Å². The van der Waals surface area contributed by atoms with Crippen LogP contribution in [0.15, 0.2) is 36.7 Å². The molecular formula is C13H10ClN3O. The van der Waals surface area contributed by atoms with Crippen LogP contribution >= 0.6 is 11.6 Å². The Labute approximate surface area is 110 Å². The summed E-state index contributed by atoms with van der Waals surface area (Å²) in [5, 5.41) is 7.23. The molecule has 2 aromatic rings. The number of rotatable bonds is 3. The van der Waals surface area contributed by atoms with Crippen molar-refractivity contribution in [2.45, 2.75) is 0 Å². The molecule has 1 amide bonds. The molecule has 0 fully saturated rings. The summed E-state index contributed by atoms with van der Waals surface area (Å²) in [6.07, 6.45) is 8.14. The number of halogens is 1. The first-order valence-electron chi connectivity index (χ1n) is 5.23. The molecule has 90 valence electrons. The zero-order valence-electron chi connectivity index (χ0n) is 9.43. The minimum absolute atomic E-state index is 0.191. The number of amides is 1. The highest BCUT2D eigenvalue weighted by molar-refractivity contribution is 6.32. The fraction of sp³-hybridized carbons (Fsp3) is 0.0769. The van der Waals surface area contributed by atoms with E-state index in [-0.39, 0.29) is 12.5 Å². The summed E-state index contributed by atoms with van der Waals surface area (Å²) in [7, 11) is 0. The topological polar surface area (TPSA) is 46.9 Å². The highest BCUT2D eigenvalue weighted by Crippen LogP contribution is 2.19. The maximum atomic E-state index is 11.6. The van der Waals surface area contributed by atoms with Crippen LogP contribution in [0.4, 0.5) is 0 Å². The van der Waals surface area contributed by atoms with Gasteiger partial charge in [0.05, 0.1) is 29.0 Å². The van der Waals surface area contributed by atoms with Crippen LogP contribution in [-0.2, 0) is 0 Å². The minimum Gasteiger partial charge on any atom is -0.341 e. The predicted molar refractivity (Wildman–Crippen MR) is 69.7 cm³/mol. The van der Waals surface area contributed by atoms with Crippen LogP contribution in [0, 0.1) is 12.3 Å². The predicted octanol–water partition coefficient (Wildman–Crippen LogP) is 1.89. The van der Waals surface area contributed by atoms with Crippen molar-refractivity contribution in [1.29, 1.82) is 0 Å². The molecule has 0 aliphatic carbocycles. The van der Waals surface area contributed by atoms with Crippen molar-refractivity contribution in [2.75, 3.05) is 6.54 Å². The number of carbonyl (C=O) groups excluding carboxylic acids is 1. The van der Waals surface area contributed by atoms with Crippen LogP contribution in [0.3, 0.4) is 0 Å². The average Bonchev–Trinajstić information content (AvgIpc) is 2.86. The Hall–Kier alpha value is -2.25. The lowest BCUT2D eigenvalue weighted by Crippen LogP contribution is -2.22. The Morgan fingerprint density at radius 1 is 1.50 bits per heavy atom. The highest BCUT2D eigenvalue weighted by atomic mass is 35.5. The van der Waals surface area contributed by atoms with Gasteiger partial charge >= 0.3 is 0 Å². The summed E-state index contributed by atoms with van der Waals surface area (Å²) in [4.78, 5) is 11.6. The Morgan fingerprint density at radius 2 is 2.28 bits per heavy atom. The normalized spacial score (nSPS) is 9.78. The number of carbonyl (C=O) groups is 1. The van der Waals surface area contributed by atoms with E-state index in [9.17, 15) is 4.79 Å². The summed E-state index contributed by atoms with van der Waals surface area (Å²) in [6.45, 7) is 0.191. The van der Waals surface area contributed by atoms with Gasteiger partial charge in [-0.1, -0.05) is 29.7 Å². The van der Waals surface area contributed by atoms with Crippen LogP contribution in [0.2, 0.25) is 5.02 Å². The van der Waals surface area contributed by atoms with Gasteiger partial charge in [0, 0.05) is 6.20 Å². The number of hydrogen-bond donors (Lipinski definition) is 1. The summed E-state index contributed by atoms with van der Waals surface area (Å²) >= 11 is 6.04. The number of terminal acetylenes is 1. The third-order valence-electron chi connectivity index (χ3n) is 2.30. The second-order valence-corrected chi connectivity index (χ2v) is 3.92. The fourth-order valence-corrected chi connectivity index (χ4v) is 1.67. The number of benzene rings is 1. The van der Waals surface area contributed by atoms with E-state index in [0.29, 0.717) is 10.6 Å². The minimum atomic E-state index is -0.258. The van der Waals surface area contributed by atoms with Crippen molar-refractivity contribution in [3.8, 4) is 18.0 Å². The zero-order valence-corrected chi connectivity index (χ0v) is 10.2. The highest BCUT2D eigenvalue weighted by Gasteiger charge is 2.09. The van der Waals surface area contributed by atoms with E-state index in [4.69, 9.17) is 18.0 Å². The van der Waals surface area contributed by atoms with Crippen LogP contribution in [0.5, 0.6) is 0 Å². The van der Waals surface area contributed by atoms with Crippen molar-refractivity contribution in [1.82, 2.24) is 15.1 Å². The lowest BCUT2D eigenvalue weighted by atomic mass is 10.3. The van der Waals surface area contributed by atoms with Gasteiger partial charge in [0.25, 0.3) is 5.91 Å². The van der Waals surface area contributed by atoms with Crippen molar-refractivity contribution in [3.63, 3.8) is 0 Å². The maximum absolute atomic E-state index is 11.6. The molecule has 1 heterocycles. The first kappa shape index (κ1) is 12.2. The van der Waals surface area contributed by atoms with E-state index in [1.807, 2.05) is 18.2 Å². The largest absolute Gasteiger partial charge is 0.341 e. The molecule has 0 radical (unpaired) electrons. The second-order valence-electron chi connectivity index (χ2n) is 3.51. The van der Waals surface area contributed by atoms with Gasteiger partial charge in [-0.05, 0) is 12.1 Å². The molecule has 0 saturated carbocycles. The Kier molecular flexibility index (Phi) is 3.66.